The van der Waals surface area contributed by atoms with E-state index in [1.54, 1.807) is 0 Å². The highest BCUT2D eigenvalue weighted by molar-refractivity contribution is 8.13. The number of carbonyl (C=O) groups is 5. The van der Waals surface area contributed by atoms with E-state index >= 15 is 0 Å². The van der Waals surface area contributed by atoms with Crippen LogP contribution >= 0.6 is 35.3 Å². The van der Waals surface area contributed by atoms with Crippen LogP contribution in [0.4, 0.5) is 24.0 Å². The van der Waals surface area contributed by atoms with Gasteiger partial charge in [0.1, 0.15) is 26.4 Å². The smallest absolute Gasteiger partial charge is 0.407 e. The van der Waals surface area contributed by atoms with Crippen molar-refractivity contribution < 1.29 is 47.7 Å². The minimum atomic E-state index is -1.07. The Labute approximate surface area is 349 Å². The minimum Gasteiger partial charge on any atom is -0.453 e. The molecule has 0 radical (unpaired) electrons. The molecule has 0 aliphatic heterocycles. The van der Waals surface area contributed by atoms with Gasteiger partial charge in [-0.3, -0.25) is 0 Å². The first-order chi connectivity index (χ1) is 28.3. The van der Waals surface area contributed by atoms with Crippen LogP contribution in [0.1, 0.15) is 47.4 Å². The normalized spacial score (nSPS) is 12.9. The third kappa shape index (κ3) is 11.5. The lowest BCUT2D eigenvalue weighted by molar-refractivity contribution is 0.0277. The van der Waals surface area contributed by atoms with E-state index in [0.717, 1.165) is 86.2 Å². The molecule has 6 rings (SSSR count). The summed E-state index contributed by atoms with van der Waals surface area (Å²) < 4.78 is 27.1. The van der Waals surface area contributed by atoms with Crippen molar-refractivity contribution in [1.82, 2.24) is 10.6 Å². The molecule has 1 atom stereocenters. The van der Waals surface area contributed by atoms with Crippen molar-refractivity contribution in [3.63, 3.8) is 0 Å². The fourth-order valence-corrected chi connectivity index (χ4v) is 8.37. The summed E-state index contributed by atoms with van der Waals surface area (Å²) in [6.45, 7) is 1.85. The Kier molecular flexibility index (Phi) is 15.8. The fraction of sp³-hybridized carbons (Fsp3) is 0.326. The molecule has 0 saturated carbocycles. The van der Waals surface area contributed by atoms with Gasteiger partial charge in [-0.1, -0.05) is 104 Å². The number of alkyl carbamates (subject to hydrolysis) is 2. The maximum absolute atomic E-state index is 12.7. The lowest BCUT2D eigenvalue weighted by Crippen LogP contribution is -2.30. The number of amides is 2. The average molecular weight is 845 g/mol. The second kappa shape index (κ2) is 21.6. The first kappa shape index (κ1) is 42.5. The zero-order valence-corrected chi connectivity index (χ0v) is 34.3. The summed E-state index contributed by atoms with van der Waals surface area (Å²) in [6.07, 6.45) is -1.51. The maximum atomic E-state index is 12.7. The Morgan fingerprint density at radius 1 is 0.517 bits per heavy atom. The molecule has 2 amide bonds. The molecule has 58 heavy (non-hydrogen) atoms. The fourth-order valence-electron chi connectivity index (χ4n) is 6.75. The molecular formula is C43H44N2O10S3. The highest BCUT2D eigenvalue weighted by atomic mass is 32.2. The van der Waals surface area contributed by atoms with Crippen molar-refractivity contribution in [3.8, 4) is 22.3 Å². The first-order valence-corrected chi connectivity index (χ1v) is 21.9. The molecule has 0 spiro atoms. The third-order valence-electron chi connectivity index (χ3n) is 9.33. The number of fused-ring (bicyclic) bond motifs is 6. The maximum Gasteiger partial charge on any atom is 0.407 e. The summed E-state index contributed by atoms with van der Waals surface area (Å²) >= 11 is 2.62. The number of hydrogen-bond donors (Lipinski definition) is 2. The molecule has 12 nitrogen and oxygen atoms in total. The molecule has 15 heteroatoms. The van der Waals surface area contributed by atoms with Crippen LogP contribution in [0.25, 0.3) is 22.3 Å². The van der Waals surface area contributed by atoms with Gasteiger partial charge in [-0.2, -0.15) is 0 Å². The van der Waals surface area contributed by atoms with Gasteiger partial charge < -0.3 is 34.3 Å². The molecule has 0 aromatic heterocycles. The third-order valence-corrected chi connectivity index (χ3v) is 11.8. The van der Waals surface area contributed by atoms with Crippen LogP contribution in [0.5, 0.6) is 0 Å². The van der Waals surface area contributed by atoms with Crippen molar-refractivity contribution >= 4 is 63.4 Å². The molecule has 0 fully saturated rings. The van der Waals surface area contributed by atoms with E-state index in [0.29, 0.717) is 5.75 Å². The van der Waals surface area contributed by atoms with Gasteiger partial charge in [-0.05, 0) is 86.2 Å². The highest BCUT2D eigenvalue weighted by Crippen LogP contribution is 2.45. The molecule has 0 bridgehead atoms. The van der Waals surface area contributed by atoms with Crippen molar-refractivity contribution in [1.29, 1.82) is 0 Å². The lowest BCUT2D eigenvalue weighted by atomic mass is 9.98. The highest BCUT2D eigenvalue weighted by Gasteiger charge is 2.30. The van der Waals surface area contributed by atoms with Crippen molar-refractivity contribution in [2.45, 2.75) is 31.3 Å². The number of nitrogens with one attached hydrogen (secondary N) is 2. The van der Waals surface area contributed by atoms with Gasteiger partial charge in [-0.25, -0.2) is 24.0 Å². The molecule has 304 valence electrons. The molecule has 0 saturated heterocycles. The van der Waals surface area contributed by atoms with Crippen molar-refractivity contribution in [2.24, 2.45) is 0 Å². The summed E-state index contributed by atoms with van der Waals surface area (Å²) in [7, 11) is 0. The van der Waals surface area contributed by atoms with Crippen molar-refractivity contribution in [2.75, 3.05) is 56.8 Å². The monoisotopic (exact) mass is 844 g/mol. The Balaban J connectivity index is 0.873. The standard InChI is InChI=1S/C43H44N2O10S3/c1-2-21-56-41(48)53-24-28(55-43(50)58-23-20-45-40(47)52-27-38-35-17-9-5-13-31(35)32-14-6-10-18-36(32)38)25-54-42(49)57-22-19-44-39(46)51-26-37-33-15-7-3-11-29(33)30-12-4-8-16-34(30)37/h3-18,28,37-38H,2,19-27H2,1H3,(H,44,46)(H,45,47). The van der Waals surface area contributed by atoms with E-state index in [9.17, 15) is 24.0 Å². The van der Waals surface area contributed by atoms with Gasteiger partial charge in [0.2, 0.25) is 0 Å². The predicted molar refractivity (Wildman–Crippen MR) is 227 cm³/mol. The van der Waals surface area contributed by atoms with Gasteiger partial charge in [0.05, 0.1) is 0 Å². The van der Waals surface area contributed by atoms with Gasteiger partial charge >= 0.3 is 28.1 Å². The van der Waals surface area contributed by atoms with Crippen molar-refractivity contribution in [3.05, 3.63) is 119 Å². The molecule has 4 aromatic carbocycles. The van der Waals surface area contributed by atoms with Gasteiger partial charge in [0.15, 0.2) is 6.10 Å². The number of ether oxygens (including phenoxy) is 5. The summed E-state index contributed by atoms with van der Waals surface area (Å²) in [5, 5.41) is 3.40. The van der Waals surface area contributed by atoms with Crippen LogP contribution in [0.15, 0.2) is 97.1 Å². The average Bonchev–Trinajstić information content (AvgIpc) is 3.74. The van der Waals surface area contributed by atoms with Gasteiger partial charge in [0, 0.05) is 42.2 Å². The molecule has 0 heterocycles. The quantitative estimate of drug-likeness (QED) is 0.0590. The number of thioether (sulfide) groups is 3. The largest absolute Gasteiger partial charge is 0.453 e. The number of rotatable bonds is 17. The number of benzene rings is 4. The van der Waals surface area contributed by atoms with E-state index in [1.807, 2.05) is 79.7 Å². The lowest BCUT2D eigenvalue weighted by Gasteiger charge is -2.18. The Bertz CT molecular complexity index is 1990. The number of hydrogen-bond acceptors (Lipinski definition) is 13. The molecule has 4 aromatic rings. The molecular weight excluding hydrogens is 801 g/mol. The first-order valence-electron chi connectivity index (χ1n) is 18.9. The Hall–Kier alpha value is -5.12. The van der Waals surface area contributed by atoms with E-state index in [1.165, 1.54) is 0 Å². The predicted octanol–water partition coefficient (Wildman–Crippen LogP) is 9.45. The topological polar surface area (TPSA) is 156 Å². The van der Waals surface area contributed by atoms with E-state index in [-0.39, 0.29) is 62.9 Å². The van der Waals surface area contributed by atoms with E-state index < -0.39 is 34.2 Å². The molecule has 1 unspecified atom stereocenters. The summed E-state index contributed by atoms with van der Waals surface area (Å²) in [5.41, 5.74) is 8.94. The van der Waals surface area contributed by atoms with Crippen LogP contribution in [-0.2, 0) is 23.7 Å². The van der Waals surface area contributed by atoms with E-state index in [4.69, 9.17) is 23.7 Å². The summed E-state index contributed by atoms with van der Waals surface area (Å²) in [6, 6.07) is 32.2. The zero-order valence-electron chi connectivity index (χ0n) is 31.8. The summed E-state index contributed by atoms with van der Waals surface area (Å²) in [5.74, 6) is 0.785. The number of carbonyl (C=O) groups excluding carboxylic acids is 5. The molecule has 2 N–H and O–H groups in total. The summed E-state index contributed by atoms with van der Waals surface area (Å²) in [4.78, 5) is 62.3. The van der Waals surface area contributed by atoms with Crippen LogP contribution in [0.3, 0.4) is 0 Å². The Morgan fingerprint density at radius 2 is 0.879 bits per heavy atom. The Morgan fingerprint density at radius 3 is 1.28 bits per heavy atom. The van der Waals surface area contributed by atoms with Gasteiger partial charge in [0.25, 0.3) is 0 Å². The van der Waals surface area contributed by atoms with Crippen LogP contribution in [0, 0.1) is 0 Å². The minimum absolute atomic E-state index is 0.0710. The van der Waals surface area contributed by atoms with E-state index in [2.05, 4.69) is 34.9 Å². The molecule has 2 aliphatic rings. The zero-order chi connectivity index (χ0) is 40.7. The van der Waals surface area contributed by atoms with Crippen LogP contribution in [0.2, 0.25) is 0 Å². The van der Waals surface area contributed by atoms with Crippen LogP contribution < -0.4 is 10.6 Å². The second-order valence-electron chi connectivity index (χ2n) is 13.2. The van der Waals surface area contributed by atoms with Crippen LogP contribution in [-0.4, -0.2) is 91.0 Å². The SMILES string of the molecule is CCCSC(=O)OCC(COC(=O)SCCNC(=O)OCC1c2ccccc2-c2ccccc21)OC(=O)SCCNC(=O)OCC1c2ccccc2-c2ccccc21. The second-order valence-corrected chi connectivity index (χ2v) is 16.3. The molecule has 2 aliphatic carbocycles. The van der Waals surface area contributed by atoms with Gasteiger partial charge in [-0.15, -0.1) is 0 Å².